The van der Waals surface area contributed by atoms with Gasteiger partial charge >= 0.3 is 0 Å². The Bertz CT molecular complexity index is 2120. The van der Waals surface area contributed by atoms with E-state index >= 15 is 0 Å². The molecule has 11 nitrogen and oxygen atoms in total. The lowest BCUT2D eigenvalue weighted by molar-refractivity contribution is 0.0933. The van der Waals surface area contributed by atoms with Crippen molar-refractivity contribution in [1.29, 1.82) is 0 Å². The lowest BCUT2D eigenvalue weighted by Crippen LogP contribution is -2.34. The number of aromatic nitrogens is 7. The number of carbonyl (C=O) groups is 1. The molecule has 0 radical (unpaired) electrons. The number of rotatable bonds is 5. The van der Waals surface area contributed by atoms with Crippen molar-refractivity contribution in [3.63, 3.8) is 0 Å². The van der Waals surface area contributed by atoms with Crippen LogP contribution in [0.3, 0.4) is 0 Å². The highest BCUT2D eigenvalue weighted by Gasteiger charge is 2.23. The predicted octanol–water partition coefficient (Wildman–Crippen LogP) is 3.81. The predicted molar refractivity (Wildman–Crippen MR) is 165 cm³/mol. The molecule has 12 heteroatoms. The van der Waals surface area contributed by atoms with Crippen molar-refractivity contribution < 1.29 is 4.79 Å². The molecule has 0 saturated carbocycles. The zero-order chi connectivity index (χ0) is 30.1. The summed E-state index contributed by atoms with van der Waals surface area (Å²) in [5, 5.41) is 10.1. The molecule has 3 N–H and O–H groups in total. The molecule has 0 spiro atoms. The van der Waals surface area contributed by atoms with E-state index in [1.165, 1.54) is 22.1 Å². The summed E-state index contributed by atoms with van der Waals surface area (Å²) in [6.07, 6.45) is 4.94. The summed E-state index contributed by atoms with van der Waals surface area (Å²) < 4.78 is 3.15. The SMILES string of the molecule is Cc1nc(-c2cnc(N)c(C(=O)NC(C)c3nc4cccc(C#Cc5cnn(C)c5)c4c(=O)n3-c3ccccc3)n2)cs1. The normalized spacial score (nSPS) is 11.6. The average molecular weight is 588 g/mol. The highest BCUT2D eigenvalue weighted by atomic mass is 32.1. The van der Waals surface area contributed by atoms with Crippen molar-refractivity contribution in [3.05, 3.63) is 111 Å². The number of aryl methyl sites for hydroxylation is 2. The van der Waals surface area contributed by atoms with Gasteiger partial charge in [-0.2, -0.15) is 5.10 Å². The molecular formula is C31H25N9O2S. The van der Waals surface area contributed by atoms with Crippen LogP contribution in [0.5, 0.6) is 0 Å². The van der Waals surface area contributed by atoms with Gasteiger partial charge < -0.3 is 11.1 Å². The van der Waals surface area contributed by atoms with Crippen molar-refractivity contribution in [2.75, 3.05) is 5.73 Å². The Morgan fingerprint density at radius 1 is 1.02 bits per heavy atom. The first-order chi connectivity index (χ1) is 20.8. The second-order valence-corrected chi connectivity index (χ2v) is 10.8. The molecule has 4 heterocycles. The Kier molecular flexibility index (Phi) is 7.23. The Labute approximate surface area is 250 Å². The molecule has 1 atom stereocenters. The number of nitrogens with two attached hydrogens (primary N) is 1. The van der Waals surface area contributed by atoms with Gasteiger partial charge in [-0.1, -0.05) is 36.1 Å². The maximum absolute atomic E-state index is 14.2. The number of carbonyl (C=O) groups excluding carboxylic acids is 1. The van der Waals surface area contributed by atoms with Gasteiger partial charge in [-0.3, -0.25) is 18.8 Å². The summed E-state index contributed by atoms with van der Waals surface area (Å²) >= 11 is 1.47. The average Bonchev–Trinajstić information content (AvgIpc) is 3.64. The van der Waals surface area contributed by atoms with Crippen LogP contribution in [-0.2, 0) is 7.05 Å². The third-order valence-corrected chi connectivity index (χ3v) is 7.39. The van der Waals surface area contributed by atoms with Crippen LogP contribution >= 0.6 is 11.3 Å². The molecule has 2 aromatic carbocycles. The van der Waals surface area contributed by atoms with E-state index in [1.807, 2.05) is 37.6 Å². The number of fused-ring (bicyclic) bond motifs is 1. The molecule has 212 valence electrons. The van der Waals surface area contributed by atoms with Crippen molar-refractivity contribution in [2.24, 2.45) is 7.05 Å². The van der Waals surface area contributed by atoms with Crippen LogP contribution in [0.2, 0.25) is 0 Å². The van der Waals surface area contributed by atoms with Crippen molar-refractivity contribution in [1.82, 2.24) is 39.6 Å². The van der Waals surface area contributed by atoms with Gasteiger partial charge in [0.25, 0.3) is 11.5 Å². The molecule has 0 saturated heterocycles. The van der Waals surface area contributed by atoms with Crippen LogP contribution in [0.25, 0.3) is 28.0 Å². The summed E-state index contributed by atoms with van der Waals surface area (Å²) in [5.74, 6) is 5.92. The van der Waals surface area contributed by atoms with E-state index in [-0.39, 0.29) is 17.1 Å². The van der Waals surface area contributed by atoms with Crippen molar-refractivity contribution >= 4 is 34.0 Å². The van der Waals surface area contributed by atoms with E-state index in [2.05, 4.69) is 37.2 Å². The van der Waals surface area contributed by atoms with Crippen LogP contribution in [0, 0.1) is 18.8 Å². The Morgan fingerprint density at radius 2 is 1.84 bits per heavy atom. The number of anilines is 1. The number of hydrogen-bond donors (Lipinski definition) is 2. The molecule has 0 fully saturated rings. The first-order valence-electron chi connectivity index (χ1n) is 13.3. The van der Waals surface area contributed by atoms with Gasteiger partial charge in [-0.25, -0.2) is 19.9 Å². The van der Waals surface area contributed by atoms with Crippen molar-refractivity contribution in [3.8, 4) is 28.9 Å². The number of para-hydroxylation sites is 1. The molecule has 4 aromatic heterocycles. The van der Waals surface area contributed by atoms with Crippen LogP contribution in [-0.4, -0.2) is 40.2 Å². The third kappa shape index (κ3) is 5.49. The number of thiazole rings is 1. The lowest BCUT2D eigenvalue weighted by Gasteiger charge is -2.20. The minimum absolute atomic E-state index is 0.0239. The van der Waals surface area contributed by atoms with Gasteiger partial charge in [-0.15, -0.1) is 11.3 Å². The maximum atomic E-state index is 14.2. The first kappa shape index (κ1) is 27.5. The number of benzene rings is 2. The molecule has 6 aromatic rings. The van der Waals surface area contributed by atoms with Crippen molar-refractivity contribution in [2.45, 2.75) is 19.9 Å². The minimum Gasteiger partial charge on any atom is -0.382 e. The van der Waals surface area contributed by atoms with Crippen LogP contribution < -0.4 is 16.6 Å². The van der Waals surface area contributed by atoms with Crippen LogP contribution in [0.1, 0.15) is 45.4 Å². The zero-order valence-electron chi connectivity index (χ0n) is 23.4. The summed E-state index contributed by atoms with van der Waals surface area (Å²) in [7, 11) is 1.81. The van der Waals surface area contributed by atoms with E-state index in [1.54, 1.807) is 54.3 Å². The fourth-order valence-corrected chi connectivity index (χ4v) is 5.20. The molecule has 6 rings (SSSR count). The maximum Gasteiger partial charge on any atom is 0.274 e. The molecule has 0 bridgehead atoms. The second-order valence-electron chi connectivity index (χ2n) is 9.73. The van der Waals surface area contributed by atoms with Gasteiger partial charge in [0.05, 0.1) is 45.6 Å². The van der Waals surface area contributed by atoms with E-state index in [4.69, 9.17) is 10.7 Å². The highest BCUT2D eigenvalue weighted by Crippen LogP contribution is 2.23. The molecule has 0 aliphatic heterocycles. The fourth-order valence-electron chi connectivity index (χ4n) is 4.59. The number of amides is 1. The van der Waals surface area contributed by atoms with E-state index in [0.717, 1.165) is 10.6 Å². The zero-order valence-corrected chi connectivity index (χ0v) is 24.3. The Hall–Kier alpha value is -5.67. The standard InChI is InChI=1S/C31H25N9O2S/c1-18(35-30(41)27-28(32)33-15-24(37-27)25-17-43-19(2)36-25)29-38-23-11-7-8-21(13-12-20-14-34-39(3)16-20)26(23)31(42)40(29)22-9-5-4-6-10-22/h4-11,14-18H,1-3H3,(H2,32,33)(H,35,41). The smallest absolute Gasteiger partial charge is 0.274 e. The molecule has 0 aliphatic rings. The lowest BCUT2D eigenvalue weighted by atomic mass is 10.1. The highest BCUT2D eigenvalue weighted by molar-refractivity contribution is 7.09. The van der Waals surface area contributed by atoms with Crippen LogP contribution in [0.4, 0.5) is 5.82 Å². The summed E-state index contributed by atoms with van der Waals surface area (Å²) in [4.78, 5) is 45.5. The van der Waals surface area contributed by atoms with Gasteiger partial charge in [0.1, 0.15) is 17.2 Å². The number of hydrogen-bond acceptors (Lipinski definition) is 9. The van der Waals surface area contributed by atoms with E-state index < -0.39 is 11.9 Å². The van der Waals surface area contributed by atoms with Crippen LogP contribution in [0.15, 0.2) is 77.3 Å². The topological polar surface area (TPSA) is 146 Å². The monoisotopic (exact) mass is 587 g/mol. The fraction of sp³-hybridized carbons (Fsp3) is 0.129. The van der Waals surface area contributed by atoms with Gasteiger partial charge in [0, 0.05) is 24.2 Å². The first-order valence-corrected chi connectivity index (χ1v) is 14.1. The Balaban J connectivity index is 1.43. The Morgan fingerprint density at radius 3 is 2.56 bits per heavy atom. The van der Waals surface area contributed by atoms with E-state index in [0.29, 0.717) is 39.4 Å². The number of nitrogens with zero attached hydrogens (tertiary/aromatic N) is 7. The van der Waals surface area contributed by atoms with E-state index in [9.17, 15) is 9.59 Å². The van der Waals surface area contributed by atoms with Gasteiger partial charge in [-0.05, 0) is 38.1 Å². The minimum atomic E-state index is -0.721. The summed E-state index contributed by atoms with van der Waals surface area (Å²) in [6, 6.07) is 13.7. The largest absolute Gasteiger partial charge is 0.382 e. The molecule has 43 heavy (non-hydrogen) atoms. The molecule has 1 amide bonds. The van der Waals surface area contributed by atoms with Gasteiger partial charge in [0.2, 0.25) is 0 Å². The summed E-state index contributed by atoms with van der Waals surface area (Å²) in [6.45, 7) is 3.63. The van der Waals surface area contributed by atoms with Gasteiger partial charge in [0.15, 0.2) is 11.5 Å². The molecule has 0 aliphatic carbocycles. The number of nitrogens with one attached hydrogen (secondary N) is 1. The number of nitrogen functional groups attached to an aromatic ring is 1. The quantitative estimate of drug-likeness (QED) is 0.290. The summed E-state index contributed by atoms with van der Waals surface area (Å²) in [5.41, 5.74) is 9.03. The third-order valence-electron chi connectivity index (χ3n) is 6.62. The molecule has 1 unspecified atom stereocenters. The second kappa shape index (κ2) is 11.3. The molecular weight excluding hydrogens is 562 g/mol.